The van der Waals surface area contributed by atoms with Crippen molar-refractivity contribution in [1.82, 2.24) is 5.43 Å². The summed E-state index contributed by atoms with van der Waals surface area (Å²) in [7, 11) is 0. The molecule has 0 saturated carbocycles. The van der Waals surface area contributed by atoms with Crippen LogP contribution in [0.3, 0.4) is 0 Å². The summed E-state index contributed by atoms with van der Waals surface area (Å²) >= 11 is 6.11. The lowest BCUT2D eigenvalue weighted by Crippen LogP contribution is -2.29. The van der Waals surface area contributed by atoms with E-state index < -0.39 is 0 Å². The molecule has 0 aliphatic heterocycles. The first-order valence-electron chi connectivity index (χ1n) is 6.81. The van der Waals surface area contributed by atoms with Crippen molar-refractivity contribution in [3.05, 3.63) is 69.9 Å². The minimum Gasteiger partial charge on any atom is -0.459 e. The van der Waals surface area contributed by atoms with Gasteiger partial charge in [0.2, 0.25) is 0 Å². The molecule has 0 radical (unpaired) electrons. The Morgan fingerprint density at radius 2 is 1.90 bits per heavy atom. The third-order valence-electron chi connectivity index (χ3n) is 3.69. The third kappa shape index (κ3) is 2.68. The van der Waals surface area contributed by atoms with Gasteiger partial charge in [-0.15, -0.1) is 0 Å². The van der Waals surface area contributed by atoms with Crippen LogP contribution in [0.25, 0.3) is 11.0 Å². The molecule has 1 unspecified atom stereocenters. The van der Waals surface area contributed by atoms with E-state index in [9.17, 15) is 0 Å². The lowest BCUT2D eigenvalue weighted by molar-refractivity contribution is 0.476. The van der Waals surface area contributed by atoms with E-state index in [0.717, 1.165) is 27.9 Å². The van der Waals surface area contributed by atoms with Crippen LogP contribution in [-0.2, 0) is 0 Å². The Morgan fingerprint density at radius 1 is 1.10 bits per heavy atom. The summed E-state index contributed by atoms with van der Waals surface area (Å²) in [6.07, 6.45) is 0. The summed E-state index contributed by atoms with van der Waals surface area (Å²) in [5, 5.41) is 1.76. The van der Waals surface area contributed by atoms with Crippen molar-refractivity contribution in [3.8, 4) is 0 Å². The highest BCUT2D eigenvalue weighted by molar-refractivity contribution is 6.30. The van der Waals surface area contributed by atoms with Crippen LogP contribution in [0.5, 0.6) is 0 Å². The molecule has 0 amide bonds. The lowest BCUT2D eigenvalue weighted by Gasteiger charge is -2.16. The number of hydrogen-bond donors (Lipinski definition) is 2. The number of aryl methyl sites for hydroxylation is 2. The van der Waals surface area contributed by atoms with Gasteiger partial charge in [-0.2, -0.15) is 0 Å². The van der Waals surface area contributed by atoms with E-state index >= 15 is 0 Å². The smallest absolute Gasteiger partial charge is 0.134 e. The number of nitrogens with two attached hydrogens (primary N) is 1. The van der Waals surface area contributed by atoms with E-state index in [1.54, 1.807) is 0 Å². The highest BCUT2D eigenvalue weighted by Gasteiger charge is 2.19. The van der Waals surface area contributed by atoms with Crippen molar-refractivity contribution in [2.45, 2.75) is 19.9 Å². The predicted molar refractivity (Wildman–Crippen MR) is 86.3 cm³/mol. The fourth-order valence-corrected chi connectivity index (χ4v) is 2.75. The molecular formula is C17H17ClN2O. The fraction of sp³-hybridized carbons (Fsp3) is 0.176. The molecule has 1 atom stereocenters. The molecule has 0 saturated heterocycles. The molecule has 1 aromatic heterocycles. The summed E-state index contributed by atoms with van der Waals surface area (Å²) in [5.74, 6) is 6.54. The number of benzene rings is 2. The molecule has 3 N–H and O–H groups in total. The van der Waals surface area contributed by atoms with Gasteiger partial charge in [-0.1, -0.05) is 29.3 Å². The van der Waals surface area contributed by atoms with Crippen molar-refractivity contribution < 1.29 is 4.42 Å². The Bertz CT molecular complexity index is 795. The van der Waals surface area contributed by atoms with Gasteiger partial charge in [0, 0.05) is 10.4 Å². The van der Waals surface area contributed by atoms with E-state index in [1.807, 2.05) is 43.3 Å². The number of rotatable bonds is 3. The molecule has 3 nitrogen and oxygen atoms in total. The number of hydrogen-bond acceptors (Lipinski definition) is 3. The van der Waals surface area contributed by atoms with Gasteiger partial charge in [-0.3, -0.25) is 5.84 Å². The van der Waals surface area contributed by atoms with E-state index in [0.29, 0.717) is 5.02 Å². The third-order valence-corrected chi connectivity index (χ3v) is 3.93. The predicted octanol–water partition coefficient (Wildman–Crippen LogP) is 4.26. The van der Waals surface area contributed by atoms with Crippen molar-refractivity contribution in [1.29, 1.82) is 0 Å². The second kappa shape index (κ2) is 5.53. The molecule has 1 heterocycles. The van der Waals surface area contributed by atoms with Crippen LogP contribution in [0.15, 0.2) is 46.9 Å². The number of halogens is 1. The van der Waals surface area contributed by atoms with Crippen LogP contribution in [0.4, 0.5) is 0 Å². The van der Waals surface area contributed by atoms with Crippen LogP contribution in [-0.4, -0.2) is 0 Å². The maximum atomic E-state index is 6.11. The minimum atomic E-state index is -0.226. The van der Waals surface area contributed by atoms with Crippen molar-refractivity contribution >= 4 is 22.6 Å². The molecule has 3 rings (SSSR count). The molecule has 0 bridgehead atoms. The topological polar surface area (TPSA) is 51.2 Å². The quantitative estimate of drug-likeness (QED) is 0.561. The first kappa shape index (κ1) is 14.1. The Labute approximate surface area is 128 Å². The van der Waals surface area contributed by atoms with Gasteiger partial charge >= 0.3 is 0 Å². The molecule has 108 valence electrons. The van der Waals surface area contributed by atoms with Crippen LogP contribution in [0.2, 0.25) is 5.02 Å². The minimum absolute atomic E-state index is 0.226. The van der Waals surface area contributed by atoms with Gasteiger partial charge in [-0.05, 0) is 55.3 Å². The lowest BCUT2D eigenvalue weighted by atomic mass is 9.99. The highest BCUT2D eigenvalue weighted by atomic mass is 35.5. The molecule has 3 aromatic rings. The number of nitrogens with one attached hydrogen (secondary N) is 1. The molecule has 4 heteroatoms. The molecule has 2 aromatic carbocycles. The van der Waals surface area contributed by atoms with Crippen molar-refractivity contribution in [2.24, 2.45) is 5.84 Å². The number of hydrazine groups is 1. The van der Waals surface area contributed by atoms with Crippen molar-refractivity contribution in [2.75, 3.05) is 0 Å². The second-order valence-corrected chi connectivity index (χ2v) is 5.73. The maximum Gasteiger partial charge on any atom is 0.134 e. The second-order valence-electron chi connectivity index (χ2n) is 5.29. The molecule has 0 aliphatic carbocycles. The summed E-state index contributed by atoms with van der Waals surface area (Å²) in [6.45, 7) is 4.09. The van der Waals surface area contributed by atoms with E-state index in [4.69, 9.17) is 21.9 Å². The highest BCUT2D eigenvalue weighted by Crippen LogP contribution is 2.31. The van der Waals surface area contributed by atoms with Gasteiger partial charge in [0.25, 0.3) is 0 Å². The van der Waals surface area contributed by atoms with E-state index in [1.165, 1.54) is 5.56 Å². The zero-order valence-electron chi connectivity index (χ0n) is 12.0. The van der Waals surface area contributed by atoms with Crippen LogP contribution in [0, 0.1) is 13.8 Å². The summed E-state index contributed by atoms with van der Waals surface area (Å²) in [6, 6.07) is 13.7. The SMILES string of the molecule is Cc1ccc2oc(C(NN)c3cc(Cl)ccc3C)cc2c1. The van der Waals surface area contributed by atoms with Crippen LogP contribution in [0.1, 0.15) is 28.5 Å². The zero-order chi connectivity index (χ0) is 15.0. The molecular weight excluding hydrogens is 284 g/mol. The van der Waals surface area contributed by atoms with Gasteiger partial charge in [-0.25, -0.2) is 5.43 Å². The fourth-order valence-electron chi connectivity index (χ4n) is 2.57. The number of furan rings is 1. The maximum absolute atomic E-state index is 6.11. The standard InChI is InChI=1S/C17H17ClN2O/c1-10-3-6-15-12(7-10)8-16(21-15)17(20-19)14-9-13(18)5-4-11(14)2/h3-9,17,20H,19H2,1-2H3. The molecule has 0 aliphatic rings. The monoisotopic (exact) mass is 300 g/mol. The first-order valence-corrected chi connectivity index (χ1v) is 7.18. The largest absolute Gasteiger partial charge is 0.459 e. The Kier molecular flexibility index (Phi) is 3.72. The first-order chi connectivity index (χ1) is 10.1. The Hall–Kier alpha value is -1.81. The zero-order valence-corrected chi connectivity index (χ0v) is 12.7. The average molecular weight is 301 g/mol. The van der Waals surface area contributed by atoms with Gasteiger partial charge in [0.15, 0.2) is 0 Å². The van der Waals surface area contributed by atoms with Gasteiger partial charge in [0.1, 0.15) is 17.4 Å². The van der Waals surface area contributed by atoms with Crippen molar-refractivity contribution in [3.63, 3.8) is 0 Å². The van der Waals surface area contributed by atoms with E-state index in [-0.39, 0.29) is 6.04 Å². The normalized spacial score (nSPS) is 12.8. The molecule has 21 heavy (non-hydrogen) atoms. The summed E-state index contributed by atoms with van der Waals surface area (Å²) in [5.41, 5.74) is 7.01. The Morgan fingerprint density at radius 3 is 2.67 bits per heavy atom. The average Bonchev–Trinajstić information content (AvgIpc) is 2.86. The number of fused-ring (bicyclic) bond motifs is 1. The van der Waals surface area contributed by atoms with Crippen LogP contribution >= 0.6 is 11.6 Å². The van der Waals surface area contributed by atoms with E-state index in [2.05, 4.69) is 18.4 Å². The van der Waals surface area contributed by atoms with Crippen LogP contribution < -0.4 is 11.3 Å². The van der Waals surface area contributed by atoms with Gasteiger partial charge in [0.05, 0.1) is 0 Å². The molecule has 0 fully saturated rings. The summed E-state index contributed by atoms with van der Waals surface area (Å²) in [4.78, 5) is 0. The Balaban J connectivity index is 2.11. The van der Waals surface area contributed by atoms with Gasteiger partial charge < -0.3 is 4.42 Å². The molecule has 0 spiro atoms. The summed E-state index contributed by atoms with van der Waals surface area (Å²) < 4.78 is 5.94.